The lowest BCUT2D eigenvalue weighted by atomic mass is 9.98. The number of ether oxygens (including phenoxy) is 1. The van der Waals surface area contributed by atoms with Crippen LogP contribution in [0, 0.1) is 5.82 Å². The number of halogens is 5. The van der Waals surface area contributed by atoms with E-state index < -0.39 is 41.6 Å². The molecule has 2 N–H and O–H groups in total. The molecule has 0 saturated carbocycles. The number of alkyl halides is 3. The van der Waals surface area contributed by atoms with Crippen molar-refractivity contribution in [3.63, 3.8) is 0 Å². The smallest absolute Gasteiger partial charge is 0.419 e. The zero-order valence-corrected chi connectivity index (χ0v) is 11.4. The number of nitrogens with two attached hydrogens (primary N) is 1. The average Bonchev–Trinajstić information content (AvgIpc) is 2.27. The van der Waals surface area contributed by atoms with E-state index in [-0.39, 0.29) is 19.0 Å². The predicted octanol–water partition coefficient (Wildman–Crippen LogP) is 3.22. The molecule has 0 aliphatic rings. The van der Waals surface area contributed by atoms with Crippen molar-refractivity contribution in [3.05, 3.63) is 35.1 Å². The molecule has 0 aromatic heterocycles. The molecule has 0 bridgehead atoms. The molecule has 1 aromatic carbocycles. The monoisotopic (exact) mass is 315 g/mol. The first-order valence-corrected chi connectivity index (χ1v) is 5.54. The summed E-state index contributed by atoms with van der Waals surface area (Å²) < 4.78 is 56.1. The molecule has 0 fully saturated rings. The van der Waals surface area contributed by atoms with Gasteiger partial charge in [0.25, 0.3) is 0 Å². The largest absolute Gasteiger partial charge is 0.466 e. The average molecular weight is 316 g/mol. The fourth-order valence-corrected chi connectivity index (χ4v) is 1.66. The van der Waals surface area contributed by atoms with E-state index in [1.54, 1.807) is 6.92 Å². The zero-order valence-electron chi connectivity index (χ0n) is 10.5. The van der Waals surface area contributed by atoms with E-state index in [0.717, 1.165) is 12.1 Å². The molecule has 0 saturated heterocycles. The molecule has 0 spiro atoms. The number of rotatable bonds is 4. The predicted molar refractivity (Wildman–Crippen MR) is 66.8 cm³/mol. The normalized spacial score (nSPS) is 12.5. The van der Waals surface area contributed by atoms with Gasteiger partial charge in [0, 0.05) is 6.04 Å². The molecular weight excluding hydrogens is 302 g/mol. The number of hydrogen-bond donors (Lipinski definition) is 1. The van der Waals surface area contributed by atoms with E-state index in [0.29, 0.717) is 6.07 Å². The summed E-state index contributed by atoms with van der Waals surface area (Å²) in [5.41, 5.74) is 3.63. The van der Waals surface area contributed by atoms with E-state index >= 15 is 0 Å². The Bertz CT molecular complexity index is 465. The van der Waals surface area contributed by atoms with Crippen LogP contribution in [0.3, 0.4) is 0 Å². The van der Waals surface area contributed by atoms with Crippen LogP contribution in [0.15, 0.2) is 18.2 Å². The second kappa shape index (κ2) is 7.44. The maximum absolute atomic E-state index is 13.3. The second-order valence-corrected chi connectivity index (χ2v) is 3.82. The molecule has 1 rings (SSSR count). The van der Waals surface area contributed by atoms with Crippen LogP contribution in [0.4, 0.5) is 17.6 Å². The summed E-state index contributed by atoms with van der Waals surface area (Å²) in [5, 5.41) is 0. The third-order valence-electron chi connectivity index (χ3n) is 2.42. The summed E-state index contributed by atoms with van der Waals surface area (Å²) in [5.74, 6) is -2.14. The summed E-state index contributed by atoms with van der Waals surface area (Å²) in [4.78, 5) is 11.2. The molecule has 0 aliphatic carbocycles. The van der Waals surface area contributed by atoms with Gasteiger partial charge in [-0.3, -0.25) is 4.79 Å². The molecule has 1 aromatic rings. The SMILES string of the molecule is CCOC(=O)C[C@H](N)c1cccc(F)c1C(F)(F)F.Cl. The van der Waals surface area contributed by atoms with Crippen molar-refractivity contribution in [2.75, 3.05) is 6.61 Å². The molecule has 1 atom stereocenters. The van der Waals surface area contributed by atoms with Crippen LogP contribution in [0.5, 0.6) is 0 Å². The van der Waals surface area contributed by atoms with Gasteiger partial charge >= 0.3 is 12.1 Å². The maximum Gasteiger partial charge on any atom is 0.419 e. The number of carbonyl (C=O) groups excluding carboxylic acids is 1. The van der Waals surface area contributed by atoms with Gasteiger partial charge in [0.2, 0.25) is 0 Å². The summed E-state index contributed by atoms with van der Waals surface area (Å²) in [7, 11) is 0. The van der Waals surface area contributed by atoms with Crippen LogP contribution in [0.1, 0.15) is 30.5 Å². The fraction of sp³-hybridized carbons (Fsp3) is 0.417. The Morgan fingerprint density at radius 1 is 1.40 bits per heavy atom. The first kappa shape index (κ1) is 18.7. The lowest BCUT2D eigenvalue weighted by molar-refractivity contribution is -0.145. The Hall–Kier alpha value is -1.34. The minimum atomic E-state index is -4.87. The topological polar surface area (TPSA) is 52.3 Å². The van der Waals surface area contributed by atoms with Gasteiger partial charge < -0.3 is 10.5 Å². The molecule has 3 nitrogen and oxygen atoms in total. The van der Waals surface area contributed by atoms with Crippen LogP contribution in [-0.2, 0) is 15.7 Å². The van der Waals surface area contributed by atoms with Gasteiger partial charge in [0.05, 0.1) is 18.6 Å². The summed E-state index contributed by atoms with van der Waals surface area (Å²) in [6.45, 7) is 1.66. The van der Waals surface area contributed by atoms with Crippen molar-refractivity contribution in [2.45, 2.75) is 25.6 Å². The maximum atomic E-state index is 13.3. The molecule has 20 heavy (non-hydrogen) atoms. The number of hydrogen-bond acceptors (Lipinski definition) is 3. The minimum Gasteiger partial charge on any atom is -0.466 e. The van der Waals surface area contributed by atoms with Crippen molar-refractivity contribution in [1.82, 2.24) is 0 Å². The Labute approximate surface area is 119 Å². The Morgan fingerprint density at radius 3 is 2.50 bits per heavy atom. The molecule has 0 amide bonds. The number of benzene rings is 1. The van der Waals surface area contributed by atoms with Gasteiger partial charge in [-0.05, 0) is 18.6 Å². The van der Waals surface area contributed by atoms with Crippen LogP contribution in [0.25, 0.3) is 0 Å². The quantitative estimate of drug-likeness (QED) is 0.685. The van der Waals surface area contributed by atoms with Crippen LogP contribution in [0.2, 0.25) is 0 Å². The van der Waals surface area contributed by atoms with Crippen LogP contribution < -0.4 is 5.73 Å². The van der Waals surface area contributed by atoms with Gasteiger partial charge in [-0.2, -0.15) is 13.2 Å². The summed E-state index contributed by atoms with van der Waals surface area (Å²) >= 11 is 0. The molecule has 0 radical (unpaired) electrons. The molecular formula is C12H14ClF4NO2. The molecule has 114 valence electrons. The summed E-state index contributed by atoms with van der Waals surface area (Å²) in [6, 6.07) is 1.59. The van der Waals surface area contributed by atoms with E-state index in [9.17, 15) is 22.4 Å². The molecule has 0 aliphatic heterocycles. The Balaban J connectivity index is 0.00000361. The van der Waals surface area contributed by atoms with E-state index in [1.165, 1.54) is 0 Å². The van der Waals surface area contributed by atoms with Crippen molar-refractivity contribution in [3.8, 4) is 0 Å². The Morgan fingerprint density at radius 2 is 2.00 bits per heavy atom. The third kappa shape index (κ3) is 4.64. The zero-order chi connectivity index (χ0) is 14.6. The fourth-order valence-electron chi connectivity index (χ4n) is 1.66. The van der Waals surface area contributed by atoms with E-state index in [4.69, 9.17) is 5.73 Å². The van der Waals surface area contributed by atoms with Crippen LogP contribution >= 0.6 is 12.4 Å². The Kier molecular flexibility index (Phi) is 6.95. The van der Waals surface area contributed by atoms with Crippen molar-refractivity contribution in [2.24, 2.45) is 5.73 Å². The first-order chi connectivity index (χ1) is 8.77. The molecule has 0 unspecified atom stereocenters. The lowest BCUT2D eigenvalue weighted by Crippen LogP contribution is -2.22. The molecule has 0 heterocycles. The highest BCUT2D eigenvalue weighted by Crippen LogP contribution is 2.36. The first-order valence-electron chi connectivity index (χ1n) is 5.54. The highest BCUT2D eigenvalue weighted by Gasteiger charge is 2.38. The standard InChI is InChI=1S/C12H13F4NO2.ClH/c1-2-19-10(18)6-9(17)7-4-3-5-8(13)11(7)12(14,15)16;/h3-5,9H,2,6,17H2,1H3;1H/t9-;/m0./s1. The van der Waals surface area contributed by atoms with Gasteiger partial charge in [0.15, 0.2) is 0 Å². The second-order valence-electron chi connectivity index (χ2n) is 3.82. The van der Waals surface area contributed by atoms with Crippen LogP contribution in [-0.4, -0.2) is 12.6 Å². The van der Waals surface area contributed by atoms with E-state index in [1.807, 2.05) is 0 Å². The summed E-state index contributed by atoms with van der Waals surface area (Å²) in [6.07, 6.45) is -5.31. The van der Waals surface area contributed by atoms with Gasteiger partial charge in [-0.25, -0.2) is 4.39 Å². The lowest BCUT2D eigenvalue weighted by Gasteiger charge is -2.18. The third-order valence-corrected chi connectivity index (χ3v) is 2.42. The van der Waals surface area contributed by atoms with Crippen molar-refractivity contribution in [1.29, 1.82) is 0 Å². The van der Waals surface area contributed by atoms with Gasteiger partial charge in [0.1, 0.15) is 5.82 Å². The van der Waals surface area contributed by atoms with Crippen molar-refractivity contribution >= 4 is 18.4 Å². The minimum absolute atomic E-state index is 0. The van der Waals surface area contributed by atoms with Gasteiger partial charge in [-0.1, -0.05) is 12.1 Å². The number of esters is 1. The van der Waals surface area contributed by atoms with Gasteiger partial charge in [-0.15, -0.1) is 12.4 Å². The number of carbonyl (C=O) groups is 1. The highest BCUT2D eigenvalue weighted by molar-refractivity contribution is 5.85. The van der Waals surface area contributed by atoms with E-state index in [2.05, 4.69) is 4.74 Å². The van der Waals surface area contributed by atoms with Crippen molar-refractivity contribution < 1.29 is 27.1 Å². The highest BCUT2D eigenvalue weighted by atomic mass is 35.5. The molecule has 8 heteroatoms.